The fraction of sp³-hybridized carbons (Fsp3) is 0. The zero-order valence-electron chi connectivity index (χ0n) is 8.85. The Kier molecular flexibility index (Phi) is 3.01. The quantitative estimate of drug-likeness (QED) is 0.792. The van der Waals surface area contributed by atoms with Crippen LogP contribution in [0, 0.1) is 24.1 Å². The van der Waals surface area contributed by atoms with E-state index >= 15 is 0 Å². The Hall–Kier alpha value is -2.41. The molecule has 0 atom stereocenters. The normalized spacial score (nSPS) is 9.71. The molecule has 0 aliphatic carbocycles. The average Bonchev–Trinajstić information content (AvgIpc) is 2.31. The van der Waals surface area contributed by atoms with E-state index < -0.39 is 0 Å². The lowest BCUT2D eigenvalue weighted by molar-refractivity contribution is 0.460. The van der Waals surface area contributed by atoms with Gasteiger partial charge < -0.3 is 4.74 Å². The van der Waals surface area contributed by atoms with E-state index in [4.69, 9.17) is 10.00 Å². The van der Waals surface area contributed by atoms with Gasteiger partial charge in [0.15, 0.2) is 0 Å². The molecule has 0 bridgehead atoms. The molecule has 2 aromatic rings. The maximum absolute atomic E-state index is 12.7. The molecule has 1 radical (unpaired) electrons. The minimum absolute atomic E-state index is 0.231. The lowest BCUT2D eigenvalue weighted by Crippen LogP contribution is -1.92. The van der Waals surface area contributed by atoms with Crippen LogP contribution in [0.1, 0.15) is 11.3 Å². The van der Waals surface area contributed by atoms with Crippen LogP contribution in [0.5, 0.6) is 11.6 Å². The number of benzene rings is 1. The number of pyridine rings is 1. The Morgan fingerprint density at radius 2 is 1.94 bits per heavy atom. The van der Waals surface area contributed by atoms with Gasteiger partial charge in [-0.25, -0.2) is 9.37 Å². The van der Waals surface area contributed by atoms with E-state index in [2.05, 4.69) is 11.9 Å². The standard InChI is InChI=1S/C13H8FN2O/c1-9-6-11(8-15)16-13(7-9)17-12-4-2-10(14)3-5-12/h2-7H,1H2. The second-order valence-corrected chi connectivity index (χ2v) is 3.37. The van der Waals surface area contributed by atoms with E-state index in [0.717, 1.165) is 0 Å². The maximum Gasteiger partial charge on any atom is 0.220 e. The molecule has 0 amide bonds. The lowest BCUT2D eigenvalue weighted by Gasteiger charge is -2.05. The van der Waals surface area contributed by atoms with E-state index in [1.54, 1.807) is 12.1 Å². The summed E-state index contributed by atoms with van der Waals surface area (Å²) in [5, 5.41) is 8.74. The maximum atomic E-state index is 12.7. The van der Waals surface area contributed by atoms with Crippen LogP contribution >= 0.6 is 0 Å². The molecule has 0 N–H and O–H groups in total. The summed E-state index contributed by atoms with van der Waals surface area (Å²) in [6.07, 6.45) is 0. The summed E-state index contributed by atoms with van der Waals surface area (Å²) in [7, 11) is 0. The first-order chi connectivity index (χ1) is 8.17. The van der Waals surface area contributed by atoms with Gasteiger partial charge in [-0.05, 0) is 42.8 Å². The zero-order valence-corrected chi connectivity index (χ0v) is 8.85. The molecule has 0 unspecified atom stereocenters. The van der Waals surface area contributed by atoms with Crippen LogP contribution in [0.4, 0.5) is 4.39 Å². The first kappa shape index (κ1) is 11.1. The van der Waals surface area contributed by atoms with Crippen molar-refractivity contribution >= 4 is 0 Å². The number of aromatic nitrogens is 1. The minimum Gasteiger partial charge on any atom is -0.439 e. The van der Waals surface area contributed by atoms with Crippen LogP contribution in [-0.4, -0.2) is 4.98 Å². The van der Waals surface area contributed by atoms with Crippen LogP contribution in [0.2, 0.25) is 0 Å². The number of nitrogens with zero attached hydrogens (tertiary/aromatic N) is 2. The molecular weight excluding hydrogens is 219 g/mol. The fourth-order valence-electron chi connectivity index (χ4n) is 1.29. The Balaban J connectivity index is 2.27. The van der Waals surface area contributed by atoms with Crippen molar-refractivity contribution in [2.24, 2.45) is 0 Å². The van der Waals surface area contributed by atoms with Crippen molar-refractivity contribution in [1.29, 1.82) is 5.26 Å². The lowest BCUT2D eigenvalue weighted by atomic mass is 10.2. The molecule has 0 fully saturated rings. The molecule has 1 aromatic heterocycles. The summed E-state index contributed by atoms with van der Waals surface area (Å²) in [5.41, 5.74) is 0.864. The number of nitriles is 1. The van der Waals surface area contributed by atoms with Gasteiger partial charge in [0.2, 0.25) is 5.88 Å². The van der Waals surface area contributed by atoms with Crippen LogP contribution in [0.25, 0.3) is 0 Å². The van der Waals surface area contributed by atoms with Crippen molar-refractivity contribution < 1.29 is 9.13 Å². The van der Waals surface area contributed by atoms with Crippen molar-refractivity contribution in [3.63, 3.8) is 0 Å². The van der Waals surface area contributed by atoms with Crippen molar-refractivity contribution in [3.8, 4) is 17.7 Å². The summed E-state index contributed by atoms with van der Waals surface area (Å²) in [6, 6.07) is 10.6. The van der Waals surface area contributed by atoms with Crippen LogP contribution in [0.15, 0.2) is 36.4 Å². The molecule has 0 aliphatic heterocycles. The van der Waals surface area contributed by atoms with Crippen LogP contribution in [0.3, 0.4) is 0 Å². The monoisotopic (exact) mass is 227 g/mol. The number of halogens is 1. The fourth-order valence-corrected chi connectivity index (χ4v) is 1.29. The van der Waals surface area contributed by atoms with E-state index in [0.29, 0.717) is 11.3 Å². The summed E-state index contributed by atoms with van der Waals surface area (Å²) in [5.74, 6) is 0.378. The van der Waals surface area contributed by atoms with Gasteiger partial charge in [-0.1, -0.05) is 0 Å². The molecule has 0 spiro atoms. The highest BCUT2D eigenvalue weighted by atomic mass is 19.1. The average molecular weight is 227 g/mol. The molecule has 17 heavy (non-hydrogen) atoms. The van der Waals surface area contributed by atoms with Crippen LogP contribution < -0.4 is 4.74 Å². The van der Waals surface area contributed by atoms with Crippen molar-refractivity contribution in [2.45, 2.75) is 0 Å². The molecule has 3 nitrogen and oxygen atoms in total. The van der Waals surface area contributed by atoms with Crippen molar-refractivity contribution in [3.05, 3.63) is 60.4 Å². The Morgan fingerprint density at radius 3 is 2.59 bits per heavy atom. The summed E-state index contributed by atoms with van der Waals surface area (Å²) < 4.78 is 18.1. The minimum atomic E-state index is -0.339. The number of rotatable bonds is 2. The molecule has 0 saturated heterocycles. The SMILES string of the molecule is [CH2]c1cc(C#N)nc(Oc2ccc(F)cc2)c1. The van der Waals surface area contributed by atoms with Crippen LogP contribution in [-0.2, 0) is 0 Å². The Bertz CT molecular complexity index is 573. The van der Waals surface area contributed by atoms with E-state index in [1.807, 2.05) is 6.07 Å². The van der Waals surface area contributed by atoms with Gasteiger partial charge in [-0.15, -0.1) is 0 Å². The van der Waals surface area contributed by atoms with E-state index in [1.165, 1.54) is 24.3 Å². The third kappa shape index (κ3) is 2.79. The third-order valence-electron chi connectivity index (χ3n) is 2.01. The number of hydrogen-bond acceptors (Lipinski definition) is 3. The van der Waals surface area contributed by atoms with Gasteiger partial charge in [0.05, 0.1) is 0 Å². The largest absolute Gasteiger partial charge is 0.439 e. The van der Waals surface area contributed by atoms with Gasteiger partial charge in [-0.3, -0.25) is 0 Å². The Morgan fingerprint density at radius 1 is 1.24 bits per heavy atom. The first-order valence-corrected chi connectivity index (χ1v) is 4.85. The number of ether oxygens (including phenoxy) is 1. The second kappa shape index (κ2) is 4.62. The Labute approximate surface area is 98.1 Å². The van der Waals surface area contributed by atoms with E-state index in [-0.39, 0.29) is 17.4 Å². The van der Waals surface area contributed by atoms with Gasteiger partial charge in [0.25, 0.3) is 0 Å². The topological polar surface area (TPSA) is 45.9 Å². The highest BCUT2D eigenvalue weighted by Gasteiger charge is 2.02. The zero-order chi connectivity index (χ0) is 12.3. The summed E-state index contributed by atoms with van der Waals surface area (Å²) in [4.78, 5) is 3.95. The van der Waals surface area contributed by atoms with Gasteiger partial charge in [-0.2, -0.15) is 5.26 Å². The molecule has 2 rings (SSSR count). The first-order valence-electron chi connectivity index (χ1n) is 4.85. The smallest absolute Gasteiger partial charge is 0.220 e. The summed E-state index contributed by atoms with van der Waals surface area (Å²) >= 11 is 0. The molecular formula is C13H8FN2O. The van der Waals surface area contributed by atoms with E-state index in [9.17, 15) is 4.39 Å². The molecule has 0 aliphatic rings. The predicted octanol–water partition coefficient (Wildman–Crippen LogP) is 3.07. The highest BCUT2D eigenvalue weighted by Crippen LogP contribution is 2.20. The van der Waals surface area contributed by atoms with Gasteiger partial charge in [0.1, 0.15) is 23.3 Å². The summed E-state index contributed by atoms with van der Waals surface area (Å²) in [6.45, 7) is 3.71. The highest BCUT2D eigenvalue weighted by molar-refractivity contribution is 5.35. The predicted molar refractivity (Wildman–Crippen MR) is 59.9 cm³/mol. The molecule has 1 heterocycles. The molecule has 83 valence electrons. The molecule has 1 aromatic carbocycles. The van der Waals surface area contributed by atoms with Gasteiger partial charge >= 0.3 is 0 Å². The third-order valence-corrected chi connectivity index (χ3v) is 2.01. The molecule has 4 heteroatoms. The van der Waals surface area contributed by atoms with Crippen molar-refractivity contribution in [2.75, 3.05) is 0 Å². The van der Waals surface area contributed by atoms with Crippen molar-refractivity contribution in [1.82, 2.24) is 4.98 Å². The second-order valence-electron chi connectivity index (χ2n) is 3.37. The molecule has 0 saturated carbocycles. The van der Waals surface area contributed by atoms with Gasteiger partial charge in [0, 0.05) is 6.07 Å². The number of hydrogen-bond donors (Lipinski definition) is 0.